The third-order valence-corrected chi connectivity index (χ3v) is 5.66. The molecule has 4 rings (SSSR count). The lowest BCUT2D eigenvalue weighted by Gasteiger charge is -2.37. The molecule has 0 radical (unpaired) electrons. The quantitative estimate of drug-likeness (QED) is 0.525. The van der Waals surface area contributed by atoms with E-state index >= 15 is 0 Å². The molecular weight excluding hydrogens is 404 g/mol. The number of ether oxygens (including phenoxy) is 1. The Morgan fingerprint density at radius 2 is 1.56 bits per heavy atom. The summed E-state index contributed by atoms with van der Waals surface area (Å²) in [7, 11) is 0. The zero-order valence-electron chi connectivity index (χ0n) is 18.3. The van der Waals surface area contributed by atoms with Crippen LogP contribution in [0.15, 0.2) is 77.2 Å². The molecule has 32 heavy (non-hydrogen) atoms. The van der Waals surface area contributed by atoms with Crippen molar-refractivity contribution in [3.63, 3.8) is 0 Å². The van der Waals surface area contributed by atoms with Gasteiger partial charge in [-0.2, -0.15) is 0 Å². The number of hydrogen-bond donors (Lipinski definition) is 0. The van der Waals surface area contributed by atoms with E-state index in [4.69, 9.17) is 9.15 Å². The molecule has 0 saturated carbocycles. The number of piperazine rings is 1. The number of para-hydroxylation sites is 1. The maximum atomic E-state index is 12.7. The van der Waals surface area contributed by atoms with Crippen molar-refractivity contribution in [3.8, 4) is 11.3 Å². The molecule has 1 amide bonds. The Hall–Kier alpha value is -3.54. The van der Waals surface area contributed by atoms with Crippen LogP contribution < -0.4 is 4.90 Å². The lowest BCUT2D eigenvalue weighted by Crippen LogP contribution is -2.51. The van der Waals surface area contributed by atoms with Crippen LogP contribution in [0.1, 0.15) is 19.1 Å². The first-order valence-corrected chi connectivity index (χ1v) is 11.0. The van der Waals surface area contributed by atoms with E-state index in [-0.39, 0.29) is 12.3 Å². The number of benzene rings is 2. The molecule has 1 aliphatic rings. The van der Waals surface area contributed by atoms with Gasteiger partial charge in [-0.1, -0.05) is 48.5 Å². The van der Waals surface area contributed by atoms with Gasteiger partial charge in [0.2, 0.25) is 0 Å². The Kier molecular flexibility index (Phi) is 6.90. The lowest BCUT2D eigenvalue weighted by molar-refractivity contribution is -0.159. The summed E-state index contributed by atoms with van der Waals surface area (Å²) >= 11 is 0. The van der Waals surface area contributed by atoms with E-state index in [1.165, 1.54) is 0 Å². The van der Waals surface area contributed by atoms with E-state index < -0.39 is 12.1 Å². The van der Waals surface area contributed by atoms with Gasteiger partial charge in [-0.3, -0.25) is 9.59 Å². The van der Waals surface area contributed by atoms with Crippen LogP contribution in [0.5, 0.6) is 0 Å². The standard InChI is InChI=1S/C26H28N2O4/c1-20(26(30)28-18-16-27(17-19-28)22-10-6-3-7-11-22)31-25(29)15-13-23-12-14-24(32-23)21-8-4-2-5-9-21/h2-12,14,20H,13,15-19H2,1H3. The zero-order valence-corrected chi connectivity index (χ0v) is 18.3. The van der Waals surface area contributed by atoms with Gasteiger partial charge >= 0.3 is 5.97 Å². The Morgan fingerprint density at radius 3 is 2.25 bits per heavy atom. The SMILES string of the molecule is CC(OC(=O)CCc1ccc(-c2ccccc2)o1)C(=O)N1CCN(c2ccccc2)CC1. The molecule has 0 spiro atoms. The summed E-state index contributed by atoms with van der Waals surface area (Å²) in [4.78, 5) is 29.0. The van der Waals surface area contributed by atoms with Crippen LogP contribution in [0.2, 0.25) is 0 Å². The van der Waals surface area contributed by atoms with E-state index in [2.05, 4.69) is 17.0 Å². The average Bonchev–Trinajstić information content (AvgIpc) is 3.33. The van der Waals surface area contributed by atoms with Crippen molar-refractivity contribution in [2.45, 2.75) is 25.9 Å². The fourth-order valence-electron chi connectivity index (χ4n) is 3.88. The van der Waals surface area contributed by atoms with Crippen molar-refractivity contribution in [3.05, 3.63) is 78.6 Å². The molecule has 6 nitrogen and oxygen atoms in total. The number of furan rings is 1. The molecule has 166 valence electrons. The highest BCUT2D eigenvalue weighted by molar-refractivity contribution is 5.83. The van der Waals surface area contributed by atoms with E-state index in [0.717, 1.165) is 35.9 Å². The van der Waals surface area contributed by atoms with Crippen molar-refractivity contribution in [2.24, 2.45) is 0 Å². The average molecular weight is 433 g/mol. The second-order valence-electron chi connectivity index (χ2n) is 7.91. The summed E-state index contributed by atoms with van der Waals surface area (Å²) in [6, 6.07) is 23.7. The van der Waals surface area contributed by atoms with Gasteiger partial charge in [0.05, 0.1) is 6.42 Å². The van der Waals surface area contributed by atoms with Crippen molar-refractivity contribution < 1.29 is 18.7 Å². The van der Waals surface area contributed by atoms with Gasteiger partial charge in [0.25, 0.3) is 5.91 Å². The normalized spacial score (nSPS) is 14.8. The van der Waals surface area contributed by atoms with E-state index in [9.17, 15) is 9.59 Å². The van der Waals surface area contributed by atoms with Crippen LogP contribution >= 0.6 is 0 Å². The van der Waals surface area contributed by atoms with Crippen molar-refractivity contribution >= 4 is 17.6 Å². The summed E-state index contributed by atoms with van der Waals surface area (Å²) in [5.41, 5.74) is 2.15. The fraction of sp³-hybridized carbons (Fsp3) is 0.308. The number of nitrogens with zero attached hydrogens (tertiary/aromatic N) is 2. The summed E-state index contributed by atoms with van der Waals surface area (Å²) in [6.07, 6.45) is -0.189. The van der Waals surface area contributed by atoms with Crippen LogP contribution in [0.25, 0.3) is 11.3 Å². The van der Waals surface area contributed by atoms with Crippen LogP contribution in [0, 0.1) is 0 Å². The summed E-state index contributed by atoms with van der Waals surface area (Å²) in [5.74, 6) is 0.950. The lowest BCUT2D eigenvalue weighted by atomic mass is 10.2. The third kappa shape index (κ3) is 5.38. The Labute approximate surface area is 188 Å². The molecule has 0 N–H and O–H groups in total. The molecule has 2 heterocycles. The molecule has 3 aromatic rings. The van der Waals surface area contributed by atoms with E-state index in [1.54, 1.807) is 11.8 Å². The summed E-state index contributed by atoms with van der Waals surface area (Å²) < 4.78 is 11.2. The van der Waals surface area contributed by atoms with E-state index in [0.29, 0.717) is 19.5 Å². The first-order valence-electron chi connectivity index (χ1n) is 11.0. The number of aryl methyl sites for hydroxylation is 1. The number of hydrogen-bond acceptors (Lipinski definition) is 5. The van der Waals surface area contributed by atoms with Gasteiger partial charge in [-0.15, -0.1) is 0 Å². The van der Waals surface area contributed by atoms with Gasteiger partial charge in [0, 0.05) is 43.9 Å². The van der Waals surface area contributed by atoms with Gasteiger partial charge in [-0.25, -0.2) is 0 Å². The molecule has 1 saturated heterocycles. The van der Waals surface area contributed by atoms with Crippen molar-refractivity contribution in [1.29, 1.82) is 0 Å². The maximum absolute atomic E-state index is 12.7. The van der Waals surface area contributed by atoms with Gasteiger partial charge in [-0.05, 0) is 31.2 Å². The molecule has 1 aromatic heterocycles. The minimum absolute atomic E-state index is 0.143. The number of esters is 1. The van der Waals surface area contributed by atoms with Gasteiger partial charge in [0.15, 0.2) is 6.10 Å². The minimum Gasteiger partial charge on any atom is -0.461 e. The highest BCUT2D eigenvalue weighted by atomic mass is 16.5. The van der Waals surface area contributed by atoms with Gasteiger partial charge < -0.3 is 19.0 Å². The van der Waals surface area contributed by atoms with Crippen molar-refractivity contribution in [1.82, 2.24) is 4.90 Å². The van der Waals surface area contributed by atoms with Crippen LogP contribution in [-0.2, 0) is 20.7 Å². The molecule has 2 aromatic carbocycles. The highest BCUT2D eigenvalue weighted by Crippen LogP contribution is 2.22. The molecule has 1 aliphatic heterocycles. The minimum atomic E-state index is -0.790. The number of amides is 1. The largest absolute Gasteiger partial charge is 0.461 e. The Bertz CT molecular complexity index is 1020. The fourth-order valence-corrected chi connectivity index (χ4v) is 3.88. The second-order valence-corrected chi connectivity index (χ2v) is 7.91. The van der Waals surface area contributed by atoms with Crippen molar-refractivity contribution in [2.75, 3.05) is 31.1 Å². The second kappa shape index (κ2) is 10.2. The highest BCUT2D eigenvalue weighted by Gasteiger charge is 2.27. The number of carbonyl (C=O) groups is 2. The first-order chi connectivity index (χ1) is 15.6. The molecule has 1 unspecified atom stereocenters. The Morgan fingerprint density at radius 1 is 0.906 bits per heavy atom. The molecule has 6 heteroatoms. The predicted octanol–water partition coefficient (Wildman–Crippen LogP) is 4.16. The number of rotatable bonds is 7. The molecule has 0 bridgehead atoms. The van der Waals surface area contributed by atoms with E-state index in [1.807, 2.05) is 60.7 Å². The summed E-state index contributed by atoms with van der Waals surface area (Å²) in [5, 5.41) is 0. The molecular formula is C26H28N2O4. The topological polar surface area (TPSA) is 63.0 Å². The molecule has 0 aliphatic carbocycles. The molecule has 1 fully saturated rings. The van der Waals surface area contributed by atoms with Crippen LogP contribution in [0.4, 0.5) is 5.69 Å². The molecule has 1 atom stereocenters. The maximum Gasteiger partial charge on any atom is 0.307 e. The predicted molar refractivity (Wildman–Crippen MR) is 123 cm³/mol. The smallest absolute Gasteiger partial charge is 0.307 e. The Balaban J connectivity index is 1.22. The number of anilines is 1. The van der Waals surface area contributed by atoms with Gasteiger partial charge in [0.1, 0.15) is 11.5 Å². The van der Waals surface area contributed by atoms with Crippen LogP contribution in [-0.4, -0.2) is 49.1 Å². The number of carbonyl (C=O) groups excluding carboxylic acids is 2. The van der Waals surface area contributed by atoms with Crippen LogP contribution in [0.3, 0.4) is 0 Å². The zero-order chi connectivity index (χ0) is 22.3. The third-order valence-electron chi connectivity index (χ3n) is 5.66. The monoisotopic (exact) mass is 432 g/mol. The first kappa shape index (κ1) is 21.7. The summed E-state index contributed by atoms with van der Waals surface area (Å²) in [6.45, 7) is 4.40.